The second-order valence-corrected chi connectivity index (χ2v) is 8.89. The Hall–Kier alpha value is -3.00. The Bertz CT molecular complexity index is 1200. The number of hydrogen-bond acceptors (Lipinski definition) is 6. The van der Waals surface area contributed by atoms with E-state index in [1.165, 1.54) is 31.4 Å². The van der Waals surface area contributed by atoms with E-state index < -0.39 is 5.82 Å². The van der Waals surface area contributed by atoms with Crippen LogP contribution in [0.15, 0.2) is 41.3 Å². The summed E-state index contributed by atoms with van der Waals surface area (Å²) in [5, 5.41) is 2.90. The SMILES string of the molecule is O=c1c(Oc2ccccc2F)cc2cnc(NN3CC4CCCC4C3)nc2n1C1CC1. The van der Waals surface area contributed by atoms with Crippen LogP contribution in [-0.4, -0.2) is 32.6 Å². The first-order valence-electron chi connectivity index (χ1n) is 11.0. The molecule has 1 aromatic carbocycles. The zero-order valence-electron chi connectivity index (χ0n) is 17.1. The zero-order chi connectivity index (χ0) is 20.9. The number of hydrogen-bond donors (Lipinski definition) is 1. The Kier molecular flexibility index (Phi) is 4.41. The third-order valence-electron chi connectivity index (χ3n) is 6.69. The summed E-state index contributed by atoms with van der Waals surface area (Å²) in [5.74, 6) is 1.63. The van der Waals surface area contributed by atoms with E-state index in [9.17, 15) is 9.18 Å². The fourth-order valence-corrected chi connectivity index (χ4v) is 5.01. The van der Waals surface area contributed by atoms with Crippen molar-refractivity contribution >= 4 is 17.0 Å². The van der Waals surface area contributed by atoms with Gasteiger partial charge in [0, 0.05) is 30.7 Å². The van der Waals surface area contributed by atoms with Gasteiger partial charge in [0.2, 0.25) is 5.95 Å². The molecule has 0 bridgehead atoms. The summed E-state index contributed by atoms with van der Waals surface area (Å²) in [6, 6.07) is 7.77. The fraction of sp³-hybridized carbons (Fsp3) is 0.435. The molecule has 2 aliphatic carbocycles. The lowest BCUT2D eigenvalue weighted by Gasteiger charge is -2.19. The van der Waals surface area contributed by atoms with Crippen molar-refractivity contribution in [2.45, 2.75) is 38.1 Å². The number of fused-ring (bicyclic) bond motifs is 2. The lowest BCUT2D eigenvalue weighted by atomic mass is 10.0. The maximum Gasteiger partial charge on any atom is 0.295 e. The van der Waals surface area contributed by atoms with Crippen molar-refractivity contribution in [3.63, 3.8) is 0 Å². The molecular formula is C23H24FN5O2. The minimum Gasteiger partial charge on any atom is -0.448 e. The standard InChI is InChI=1S/C23H24FN5O2/c24-18-6-1-2-7-19(18)31-20-10-16-11-25-23(26-21(16)29(22(20)30)17-8-9-17)27-28-12-14-4-3-5-15(14)13-28/h1-2,6-7,10-11,14-15,17H,3-5,8-9,12-13H2,(H,25,26,27). The summed E-state index contributed by atoms with van der Waals surface area (Å²) in [7, 11) is 0. The first kappa shape index (κ1) is 18.7. The van der Waals surface area contributed by atoms with Crippen LogP contribution in [0.2, 0.25) is 0 Å². The highest BCUT2D eigenvalue weighted by molar-refractivity contribution is 5.77. The average Bonchev–Trinajstić information content (AvgIpc) is 3.38. The van der Waals surface area contributed by atoms with Crippen LogP contribution in [0.25, 0.3) is 11.0 Å². The number of rotatable bonds is 5. The van der Waals surface area contributed by atoms with E-state index in [0.29, 0.717) is 17.0 Å². The van der Waals surface area contributed by atoms with Gasteiger partial charge in [-0.15, -0.1) is 0 Å². The van der Waals surface area contributed by atoms with Gasteiger partial charge in [0.05, 0.1) is 0 Å². The van der Waals surface area contributed by atoms with Crippen LogP contribution in [0.5, 0.6) is 11.5 Å². The monoisotopic (exact) mass is 421 g/mol. The third kappa shape index (κ3) is 3.44. The van der Waals surface area contributed by atoms with Crippen LogP contribution < -0.4 is 15.7 Å². The highest BCUT2D eigenvalue weighted by atomic mass is 19.1. The van der Waals surface area contributed by atoms with Crippen molar-refractivity contribution < 1.29 is 9.13 Å². The molecule has 8 heteroatoms. The Morgan fingerprint density at radius 1 is 1.06 bits per heavy atom. The van der Waals surface area contributed by atoms with Crippen LogP contribution in [-0.2, 0) is 0 Å². The molecule has 31 heavy (non-hydrogen) atoms. The van der Waals surface area contributed by atoms with Crippen LogP contribution in [0.3, 0.4) is 0 Å². The smallest absolute Gasteiger partial charge is 0.295 e. The molecule has 1 N–H and O–H groups in total. The number of benzene rings is 1. The maximum atomic E-state index is 14.1. The molecule has 0 amide bonds. The summed E-state index contributed by atoms with van der Waals surface area (Å²) in [4.78, 5) is 22.4. The molecule has 0 spiro atoms. The zero-order valence-corrected chi connectivity index (χ0v) is 17.1. The van der Waals surface area contributed by atoms with Crippen LogP contribution in [0, 0.1) is 17.7 Å². The number of halogens is 1. The number of anilines is 1. The summed E-state index contributed by atoms with van der Waals surface area (Å²) in [5.41, 5.74) is 3.64. The number of para-hydroxylation sites is 1. The Morgan fingerprint density at radius 3 is 2.58 bits per heavy atom. The number of pyridine rings is 1. The number of hydrazine groups is 1. The number of ether oxygens (including phenoxy) is 1. The van der Waals surface area contributed by atoms with E-state index in [1.807, 2.05) is 0 Å². The van der Waals surface area contributed by atoms with E-state index >= 15 is 0 Å². The Morgan fingerprint density at radius 2 is 1.84 bits per heavy atom. The lowest BCUT2D eigenvalue weighted by Crippen LogP contribution is -2.29. The first-order valence-corrected chi connectivity index (χ1v) is 11.0. The van der Waals surface area contributed by atoms with Gasteiger partial charge in [0.1, 0.15) is 5.65 Å². The molecular weight excluding hydrogens is 397 g/mol. The molecule has 3 heterocycles. The molecule has 3 aromatic rings. The van der Waals surface area contributed by atoms with Gasteiger partial charge in [-0.3, -0.25) is 14.8 Å². The fourth-order valence-electron chi connectivity index (χ4n) is 5.01. The van der Waals surface area contributed by atoms with Gasteiger partial charge in [-0.25, -0.2) is 14.4 Å². The van der Waals surface area contributed by atoms with Gasteiger partial charge < -0.3 is 4.74 Å². The molecule has 0 radical (unpaired) electrons. The Labute approximate surface area is 178 Å². The maximum absolute atomic E-state index is 14.1. The number of aromatic nitrogens is 3. The molecule has 3 fully saturated rings. The molecule has 160 valence electrons. The second-order valence-electron chi connectivity index (χ2n) is 8.89. The molecule has 2 atom stereocenters. The van der Waals surface area contributed by atoms with Crippen LogP contribution >= 0.6 is 0 Å². The molecule has 6 rings (SSSR count). The minimum atomic E-state index is -0.508. The summed E-state index contributed by atoms with van der Waals surface area (Å²) < 4.78 is 21.4. The van der Waals surface area contributed by atoms with E-state index in [0.717, 1.165) is 37.8 Å². The van der Waals surface area contributed by atoms with Crippen molar-refractivity contribution in [1.29, 1.82) is 0 Å². The summed E-state index contributed by atoms with van der Waals surface area (Å²) >= 11 is 0. The molecule has 1 aliphatic heterocycles. The van der Waals surface area contributed by atoms with Crippen molar-refractivity contribution in [3.8, 4) is 11.5 Å². The molecule has 3 aliphatic rings. The van der Waals surface area contributed by atoms with E-state index in [-0.39, 0.29) is 23.1 Å². The highest BCUT2D eigenvalue weighted by Crippen LogP contribution is 2.38. The van der Waals surface area contributed by atoms with Crippen molar-refractivity contribution in [3.05, 3.63) is 52.7 Å². The van der Waals surface area contributed by atoms with Crippen LogP contribution in [0.4, 0.5) is 10.3 Å². The summed E-state index contributed by atoms with van der Waals surface area (Å²) in [6.07, 6.45) is 7.47. The predicted octanol–water partition coefficient (Wildman–Crippen LogP) is 4.12. The topological polar surface area (TPSA) is 72.3 Å². The van der Waals surface area contributed by atoms with Gasteiger partial charge in [0.25, 0.3) is 5.56 Å². The normalized spacial score (nSPS) is 23.3. The summed E-state index contributed by atoms with van der Waals surface area (Å²) in [6.45, 7) is 2.02. The van der Waals surface area contributed by atoms with Crippen molar-refractivity contribution in [1.82, 2.24) is 19.5 Å². The highest BCUT2D eigenvalue weighted by Gasteiger charge is 2.36. The quantitative estimate of drug-likeness (QED) is 0.668. The van der Waals surface area contributed by atoms with E-state index in [1.54, 1.807) is 29.0 Å². The molecule has 1 saturated heterocycles. The second kappa shape index (κ2) is 7.30. The van der Waals surface area contributed by atoms with Gasteiger partial charge in [0.15, 0.2) is 17.3 Å². The van der Waals surface area contributed by atoms with Gasteiger partial charge >= 0.3 is 0 Å². The predicted molar refractivity (Wildman–Crippen MR) is 115 cm³/mol. The van der Waals surface area contributed by atoms with Crippen LogP contribution in [0.1, 0.15) is 38.1 Å². The third-order valence-corrected chi connectivity index (χ3v) is 6.69. The molecule has 7 nitrogen and oxygen atoms in total. The molecule has 2 saturated carbocycles. The van der Waals surface area contributed by atoms with E-state index in [2.05, 4.69) is 20.4 Å². The number of nitrogens with one attached hydrogen (secondary N) is 1. The lowest BCUT2D eigenvalue weighted by molar-refractivity contribution is 0.369. The van der Waals surface area contributed by atoms with Gasteiger partial charge in [-0.1, -0.05) is 18.6 Å². The molecule has 2 aromatic heterocycles. The molecule has 2 unspecified atom stereocenters. The van der Waals surface area contributed by atoms with Crippen molar-refractivity contribution in [2.75, 3.05) is 18.5 Å². The Balaban J connectivity index is 1.34. The van der Waals surface area contributed by atoms with Gasteiger partial charge in [-0.2, -0.15) is 4.98 Å². The number of nitrogens with zero attached hydrogens (tertiary/aromatic N) is 4. The van der Waals surface area contributed by atoms with E-state index in [4.69, 9.17) is 4.74 Å². The van der Waals surface area contributed by atoms with Crippen molar-refractivity contribution in [2.24, 2.45) is 11.8 Å². The average molecular weight is 421 g/mol. The first-order chi connectivity index (χ1) is 15.2. The van der Waals surface area contributed by atoms with Gasteiger partial charge in [-0.05, 0) is 55.7 Å². The minimum absolute atomic E-state index is 0.0279. The largest absolute Gasteiger partial charge is 0.448 e.